The number of methoxy groups -OCH3 is 1. The van der Waals surface area contributed by atoms with E-state index in [0.29, 0.717) is 16.3 Å². The van der Waals surface area contributed by atoms with Crippen molar-refractivity contribution in [3.05, 3.63) is 92.9 Å². The highest BCUT2D eigenvalue weighted by atomic mass is 35.5. The Morgan fingerprint density at radius 2 is 1.46 bits per heavy atom. The van der Waals surface area contributed by atoms with E-state index in [-0.39, 0.29) is 27.8 Å². The van der Waals surface area contributed by atoms with E-state index in [9.17, 15) is 41.1 Å². The number of carbonyl (C=O) groups excluding carboxylic acids is 4. The molecule has 0 aliphatic rings. The molecule has 50 heavy (non-hydrogen) atoms. The summed E-state index contributed by atoms with van der Waals surface area (Å²) in [7, 11) is 1.38. The van der Waals surface area contributed by atoms with Crippen LogP contribution in [0.1, 0.15) is 31.0 Å². The van der Waals surface area contributed by atoms with E-state index in [2.05, 4.69) is 10.6 Å². The van der Waals surface area contributed by atoms with Crippen molar-refractivity contribution in [1.29, 1.82) is 0 Å². The smallest absolute Gasteiger partial charge is 0.405 e. The first-order valence-electron chi connectivity index (χ1n) is 14.7. The fourth-order valence-electron chi connectivity index (χ4n) is 4.48. The van der Waals surface area contributed by atoms with Gasteiger partial charge in [0, 0.05) is 11.4 Å². The summed E-state index contributed by atoms with van der Waals surface area (Å²) >= 11 is 18.3. The summed E-state index contributed by atoms with van der Waals surface area (Å²) < 4.78 is 78.5. The second-order valence-electron chi connectivity index (χ2n) is 11.2. The molecule has 3 amide bonds. The minimum absolute atomic E-state index is 0.109. The molecule has 0 aromatic heterocycles. The van der Waals surface area contributed by atoms with Crippen LogP contribution in [0.15, 0.2) is 66.7 Å². The van der Waals surface area contributed by atoms with E-state index in [1.165, 1.54) is 69.5 Å². The van der Waals surface area contributed by atoms with E-state index in [0.717, 1.165) is 5.32 Å². The normalized spacial score (nSPS) is 13.5. The standard InChI is InChI=1S/C33H31Cl3F5N3O6/c1-17(2)26(28(45)33(40,41)31(48)42-16-32(37,38)39)43-30(47)27(19-8-10-21(49-3)11-9-19)44-29(46)25(50-22-6-4-5-20(34)15-22)14-18-7-12-23(35)24(36)13-18/h4-13,15,17,25-27H,14,16H2,1-3H3,(H,42,48)(H,43,47)(H,44,46). The maximum atomic E-state index is 14.9. The number of ether oxygens (including phenoxy) is 2. The number of hydrogen-bond acceptors (Lipinski definition) is 6. The fourth-order valence-corrected chi connectivity index (χ4v) is 4.98. The molecule has 3 rings (SSSR count). The van der Waals surface area contributed by atoms with Crippen molar-refractivity contribution in [3.8, 4) is 11.5 Å². The first-order chi connectivity index (χ1) is 23.3. The Labute approximate surface area is 298 Å². The van der Waals surface area contributed by atoms with Gasteiger partial charge < -0.3 is 25.4 Å². The summed E-state index contributed by atoms with van der Waals surface area (Å²) in [5, 5.41) is 6.37. The second-order valence-corrected chi connectivity index (χ2v) is 12.4. The van der Waals surface area contributed by atoms with Crippen LogP contribution in [0.5, 0.6) is 11.5 Å². The van der Waals surface area contributed by atoms with Crippen LogP contribution in [0.2, 0.25) is 15.1 Å². The van der Waals surface area contributed by atoms with Gasteiger partial charge in [-0.15, -0.1) is 0 Å². The average Bonchev–Trinajstić information content (AvgIpc) is 3.05. The number of alkyl halides is 5. The van der Waals surface area contributed by atoms with Gasteiger partial charge in [0.05, 0.1) is 23.2 Å². The number of amides is 3. The zero-order valence-electron chi connectivity index (χ0n) is 26.5. The van der Waals surface area contributed by atoms with Crippen LogP contribution in [-0.4, -0.2) is 61.4 Å². The SMILES string of the molecule is COc1ccc(C(NC(=O)C(Cc2ccc(Cl)c(Cl)c2)Oc2cccc(Cl)c2)C(=O)NC(C(=O)C(F)(F)C(=O)NCC(F)(F)F)C(C)C)cc1. The van der Waals surface area contributed by atoms with Gasteiger partial charge in [-0.05, 0) is 59.5 Å². The number of ketones is 1. The van der Waals surface area contributed by atoms with Crippen molar-refractivity contribution < 1.29 is 50.6 Å². The van der Waals surface area contributed by atoms with E-state index >= 15 is 0 Å². The van der Waals surface area contributed by atoms with Crippen LogP contribution in [0.25, 0.3) is 0 Å². The van der Waals surface area contributed by atoms with Crippen LogP contribution in [-0.2, 0) is 25.6 Å². The Morgan fingerprint density at radius 1 is 0.800 bits per heavy atom. The first-order valence-corrected chi connectivity index (χ1v) is 15.8. The van der Waals surface area contributed by atoms with Gasteiger partial charge >= 0.3 is 12.1 Å². The summed E-state index contributed by atoms with van der Waals surface area (Å²) in [5.74, 6) is -12.2. The van der Waals surface area contributed by atoms with Crippen molar-refractivity contribution in [2.45, 2.75) is 50.6 Å². The summed E-state index contributed by atoms with van der Waals surface area (Å²) in [6.07, 6.45) is -6.50. The van der Waals surface area contributed by atoms with E-state index in [1.54, 1.807) is 18.2 Å². The number of halogens is 8. The molecular formula is C33H31Cl3F5N3O6. The van der Waals surface area contributed by atoms with Crippen LogP contribution in [0, 0.1) is 5.92 Å². The van der Waals surface area contributed by atoms with Crippen LogP contribution >= 0.6 is 34.8 Å². The van der Waals surface area contributed by atoms with Gasteiger partial charge in [-0.3, -0.25) is 19.2 Å². The van der Waals surface area contributed by atoms with E-state index < -0.39 is 66.3 Å². The Morgan fingerprint density at radius 3 is 2.02 bits per heavy atom. The molecule has 3 N–H and O–H groups in total. The maximum absolute atomic E-state index is 14.9. The molecule has 0 bridgehead atoms. The number of nitrogens with one attached hydrogen (secondary N) is 3. The van der Waals surface area contributed by atoms with Crippen LogP contribution in [0.3, 0.4) is 0 Å². The molecule has 270 valence electrons. The monoisotopic (exact) mass is 765 g/mol. The third-order valence-electron chi connectivity index (χ3n) is 7.06. The molecule has 0 radical (unpaired) electrons. The van der Waals surface area contributed by atoms with Crippen molar-refractivity contribution in [1.82, 2.24) is 16.0 Å². The molecule has 3 aromatic carbocycles. The Kier molecular flexibility index (Phi) is 13.8. The lowest BCUT2D eigenvalue weighted by atomic mass is 9.94. The molecule has 0 fully saturated rings. The van der Waals surface area contributed by atoms with Crippen molar-refractivity contribution in [3.63, 3.8) is 0 Å². The molecule has 0 aliphatic carbocycles. The molecule has 9 nitrogen and oxygen atoms in total. The Hall–Kier alpha value is -4.14. The molecule has 0 heterocycles. The lowest BCUT2D eigenvalue weighted by Crippen LogP contribution is -2.58. The predicted octanol–water partition coefficient (Wildman–Crippen LogP) is 6.53. The first kappa shape index (κ1) is 40.3. The molecular weight excluding hydrogens is 736 g/mol. The molecule has 0 spiro atoms. The van der Waals surface area contributed by atoms with Gasteiger partial charge in [-0.1, -0.05) is 72.9 Å². The number of carbonyl (C=O) groups is 4. The molecule has 0 saturated carbocycles. The molecule has 0 aliphatic heterocycles. The number of Topliss-reactive ketones (excluding diaryl/α,β-unsaturated/α-hetero) is 1. The number of rotatable bonds is 15. The summed E-state index contributed by atoms with van der Waals surface area (Å²) in [6.45, 7) is 0.416. The largest absolute Gasteiger partial charge is 0.497 e. The quantitative estimate of drug-likeness (QED) is 0.120. The molecule has 17 heteroatoms. The van der Waals surface area contributed by atoms with Crippen LogP contribution < -0.4 is 25.4 Å². The summed E-state index contributed by atoms with van der Waals surface area (Å²) in [4.78, 5) is 52.5. The molecule has 3 unspecified atom stereocenters. The third-order valence-corrected chi connectivity index (χ3v) is 8.03. The predicted molar refractivity (Wildman–Crippen MR) is 176 cm³/mol. The fraction of sp³-hybridized carbons (Fsp3) is 0.333. The molecule has 3 aromatic rings. The van der Waals surface area contributed by atoms with Gasteiger partial charge in [-0.25, -0.2) is 0 Å². The second kappa shape index (κ2) is 17.2. The zero-order chi connectivity index (χ0) is 37.4. The number of benzene rings is 3. The van der Waals surface area contributed by atoms with E-state index in [1.807, 2.05) is 0 Å². The zero-order valence-corrected chi connectivity index (χ0v) is 28.8. The highest BCUT2D eigenvalue weighted by molar-refractivity contribution is 6.42. The van der Waals surface area contributed by atoms with Gasteiger partial charge in [0.15, 0.2) is 6.10 Å². The maximum Gasteiger partial charge on any atom is 0.405 e. The van der Waals surface area contributed by atoms with Crippen LogP contribution in [0.4, 0.5) is 22.0 Å². The summed E-state index contributed by atoms with van der Waals surface area (Å²) in [5.41, 5.74) is 0.612. The Balaban J connectivity index is 1.97. The lowest BCUT2D eigenvalue weighted by Gasteiger charge is -2.28. The Bertz CT molecular complexity index is 1690. The van der Waals surface area contributed by atoms with Crippen molar-refractivity contribution in [2.75, 3.05) is 13.7 Å². The van der Waals surface area contributed by atoms with Crippen molar-refractivity contribution in [2.24, 2.45) is 5.92 Å². The topological polar surface area (TPSA) is 123 Å². The molecule has 0 saturated heterocycles. The minimum atomic E-state index is -5.03. The highest BCUT2D eigenvalue weighted by Crippen LogP contribution is 2.27. The minimum Gasteiger partial charge on any atom is -0.497 e. The van der Waals surface area contributed by atoms with E-state index in [4.69, 9.17) is 44.3 Å². The average molecular weight is 767 g/mol. The lowest BCUT2D eigenvalue weighted by molar-refractivity contribution is -0.165. The van der Waals surface area contributed by atoms with Gasteiger partial charge in [0.2, 0.25) is 11.7 Å². The summed E-state index contributed by atoms with van der Waals surface area (Å²) in [6, 6.07) is 12.6. The van der Waals surface area contributed by atoms with Gasteiger partial charge in [-0.2, -0.15) is 22.0 Å². The highest BCUT2D eigenvalue weighted by Gasteiger charge is 2.52. The molecule has 3 atom stereocenters. The number of hydrogen-bond donors (Lipinski definition) is 3. The van der Waals surface area contributed by atoms with Gasteiger partial charge in [0.1, 0.15) is 24.1 Å². The van der Waals surface area contributed by atoms with Crippen molar-refractivity contribution >= 4 is 58.3 Å². The third kappa shape index (κ3) is 11.2. The van der Waals surface area contributed by atoms with Gasteiger partial charge in [0.25, 0.3) is 11.8 Å².